The Morgan fingerprint density at radius 2 is 1.80 bits per heavy atom. The van der Waals surface area contributed by atoms with Crippen molar-refractivity contribution in [3.63, 3.8) is 0 Å². The molecule has 0 unspecified atom stereocenters. The van der Waals surface area contributed by atoms with Crippen LogP contribution in [0.2, 0.25) is 0 Å². The summed E-state index contributed by atoms with van der Waals surface area (Å²) in [7, 11) is 0. The maximum Gasteiger partial charge on any atom is -0.00908 e. The third-order valence-electron chi connectivity index (χ3n) is 5.49. The Hall–Kier alpha value is -1.04. The molecular formula is C15H14. The van der Waals surface area contributed by atoms with Crippen LogP contribution in [-0.2, 0) is 0 Å². The van der Waals surface area contributed by atoms with Gasteiger partial charge in [0, 0.05) is 0 Å². The molecule has 6 atom stereocenters. The highest BCUT2D eigenvalue weighted by Gasteiger charge is 2.75. The van der Waals surface area contributed by atoms with E-state index in [1.165, 1.54) is 5.56 Å². The van der Waals surface area contributed by atoms with E-state index in [-0.39, 0.29) is 0 Å². The second kappa shape index (κ2) is 2.07. The third-order valence-corrected chi connectivity index (χ3v) is 5.49. The lowest BCUT2D eigenvalue weighted by Gasteiger charge is -2.14. The van der Waals surface area contributed by atoms with Crippen molar-refractivity contribution in [2.24, 2.45) is 35.5 Å². The molecule has 5 aliphatic rings. The van der Waals surface area contributed by atoms with Crippen LogP contribution in [0.4, 0.5) is 0 Å². The van der Waals surface area contributed by atoms with Crippen LogP contribution in [0.3, 0.4) is 0 Å². The lowest BCUT2D eigenvalue weighted by Crippen LogP contribution is -2.04. The van der Waals surface area contributed by atoms with Gasteiger partial charge in [-0.05, 0) is 53.1 Å². The lowest BCUT2D eigenvalue weighted by molar-refractivity contribution is 0.476. The van der Waals surface area contributed by atoms with Gasteiger partial charge in [-0.3, -0.25) is 0 Å². The van der Waals surface area contributed by atoms with E-state index in [9.17, 15) is 0 Å². The predicted octanol–water partition coefficient (Wildman–Crippen LogP) is 3.21. The number of rotatable bonds is 1. The minimum absolute atomic E-state index is 0.965. The van der Waals surface area contributed by atoms with Gasteiger partial charge in [0.1, 0.15) is 0 Å². The molecule has 0 amide bonds. The average molecular weight is 194 g/mol. The van der Waals surface area contributed by atoms with E-state index in [4.69, 9.17) is 0 Å². The van der Waals surface area contributed by atoms with Crippen molar-refractivity contribution in [2.45, 2.75) is 6.42 Å². The van der Waals surface area contributed by atoms with Crippen LogP contribution in [0.15, 0.2) is 36.4 Å². The molecule has 0 aromatic heterocycles. The second-order valence-electron chi connectivity index (χ2n) is 5.81. The van der Waals surface area contributed by atoms with Gasteiger partial charge in [0.15, 0.2) is 0 Å². The standard InChI is InChI=1S/C15H14/c1-2-4-8(5-3-1)9-6-10-11-7-12-14(10)15(12)13(9)11/h1-6,10-15H,7H2/t10-,11-,12+,13+,14-,15-/m1/s1. The minimum atomic E-state index is 0.965. The number of benzene rings is 1. The van der Waals surface area contributed by atoms with E-state index >= 15 is 0 Å². The van der Waals surface area contributed by atoms with E-state index in [1.807, 2.05) is 0 Å². The van der Waals surface area contributed by atoms with Crippen molar-refractivity contribution in [3.8, 4) is 0 Å². The highest BCUT2D eigenvalue weighted by atomic mass is 14.8. The van der Waals surface area contributed by atoms with Crippen molar-refractivity contribution < 1.29 is 0 Å². The van der Waals surface area contributed by atoms with Gasteiger partial charge < -0.3 is 0 Å². The first-order valence-corrected chi connectivity index (χ1v) is 6.22. The Labute approximate surface area is 90.0 Å². The molecular weight excluding hydrogens is 180 g/mol. The molecule has 74 valence electrons. The molecule has 4 fully saturated rings. The molecule has 1 aromatic carbocycles. The first-order chi connectivity index (χ1) is 7.45. The minimum Gasteiger partial charge on any atom is -0.0767 e. The largest absolute Gasteiger partial charge is 0.0767 e. The Bertz CT molecular complexity index is 470. The fourth-order valence-corrected chi connectivity index (χ4v) is 5.13. The fourth-order valence-electron chi connectivity index (χ4n) is 5.13. The highest BCUT2D eigenvalue weighted by molar-refractivity contribution is 5.74. The van der Waals surface area contributed by atoms with E-state index in [0.29, 0.717) is 0 Å². The van der Waals surface area contributed by atoms with Gasteiger partial charge >= 0.3 is 0 Å². The molecule has 0 aliphatic heterocycles. The molecule has 6 bridgehead atoms. The zero-order valence-corrected chi connectivity index (χ0v) is 8.64. The van der Waals surface area contributed by atoms with E-state index in [1.54, 1.807) is 12.0 Å². The summed E-state index contributed by atoms with van der Waals surface area (Å²) in [6.07, 6.45) is 4.18. The third kappa shape index (κ3) is 0.649. The fraction of sp³-hybridized carbons (Fsp3) is 0.467. The highest BCUT2D eigenvalue weighted by Crippen LogP contribution is 2.81. The first kappa shape index (κ1) is 7.27. The van der Waals surface area contributed by atoms with Crippen molar-refractivity contribution in [1.29, 1.82) is 0 Å². The molecule has 15 heavy (non-hydrogen) atoms. The molecule has 0 spiro atoms. The molecule has 0 heterocycles. The maximum atomic E-state index is 2.62. The van der Waals surface area contributed by atoms with Crippen molar-refractivity contribution >= 4 is 5.57 Å². The van der Waals surface area contributed by atoms with Gasteiger partial charge in [-0.25, -0.2) is 0 Å². The summed E-state index contributed by atoms with van der Waals surface area (Å²) in [5, 5.41) is 0. The molecule has 5 aliphatic carbocycles. The van der Waals surface area contributed by atoms with Gasteiger partial charge in [-0.2, -0.15) is 0 Å². The quantitative estimate of drug-likeness (QED) is 0.644. The summed E-state index contributed by atoms with van der Waals surface area (Å²) >= 11 is 0. The maximum absolute atomic E-state index is 2.62. The van der Waals surface area contributed by atoms with Gasteiger partial charge in [0.25, 0.3) is 0 Å². The number of hydrogen-bond donors (Lipinski definition) is 0. The predicted molar refractivity (Wildman–Crippen MR) is 60.0 cm³/mol. The van der Waals surface area contributed by atoms with Crippen LogP contribution in [0, 0.1) is 35.5 Å². The molecule has 6 rings (SSSR count). The smallest absolute Gasteiger partial charge is 0.00908 e. The zero-order valence-electron chi connectivity index (χ0n) is 8.64. The second-order valence-corrected chi connectivity index (χ2v) is 5.81. The van der Waals surface area contributed by atoms with E-state index in [2.05, 4.69) is 36.4 Å². The molecule has 0 radical (unpaired) electrons. The lowest BCUT2D eigenvalue weighted by atomic mass is 9.90. The summed E-state index contributed by atoms with van der Waals surface area (Å²) in [4.78, 5) is 0. The Morgan fingerprint density at radius 1 is 0.933 bits per heavy atom. The Kier molecular flexibility index (Phi) is 1.00. The Balaban J connectivity index is 1.66. The van der Waals surface area contributed by atoms with Crippen LogP contribution >= 0.6 is 0 Å². The van der Waals surface area contributed by atoms with E-state index < -0.39 is 0 Å². The number of allylic oxidation sites excluding steroid dienone is 2. The van der Waals surface area contributed by atoms with Crippen LogP contribution in [0.25, 0.3) is 5.57 Å². The first-order valence-electron chi connectivity index (χ1n) is 6.22. The van der Waals surface area contributed by atoms with E-state index in [0.717, 1.165) is 35.5 Å². The van der Waals surface area contributed by atoms with Crippen LogP contribution in [0.1, 0.15) is 12.0 Å². The summed E-state index contributed by atoms with van der Waals surface area (Å²) in [5.41, 5.74) is 3.20. The van der Waals surface area contributed by atoms with Crippen molar-refractivity contribution in [2.75, 3.05) is 0 Å². The zero-order chi connectivity index (χ0) is 9.57. The van der Waals surface area contributed by atoms with Gasteiger partial charge in [-0.1, -0.05) is 36.4 Å². The summed E-state index contributed by atoms with van der Waals surface area (Å²) in [6.45, 7) is 0. The SMILES string of the molecule is C1=C(c2ccccc2)[C@H]2[C@@H]3C[C@H]4[C@@H]([C@H]13)[C@H]42. The van der Waals surface area contributed by atoms with Crippen LogP contribution < -0.4 is 0 Å². The molecule has 0 heteroatoms. The van der Waals surface area contributed by atoms with Crippen LogP contribution in [-0.4, -0.2) is 0 Å². The molecule has 1 aromatic rings. The average Bonchev–Trinajstić information content (AvgIpc) is 2.68. The molecule has 4 saturated carbocycles. The summed E-state index contributed by atoms with van der Waals surface area (Å²) in [6, 6.07) is 11.1. The summed E-state index contributed by atoms with van der Waals surface area (Å²) < 4.78 is 0. The van der Waals surface area contributed by atoms with Crippen molar-refractivity contribution in [3.05, 3.63) is 42.0 Å². The molecule has 0 saturated heterocycles. The topological polar surface area (TPSA) is 0 Å². The molecule has 0 N–H and O–H groups in total. The van der Waals surface area contributed by atoms with Gasteiger partial charge in [0.2, 0.25) is 0 Å². The monoisotopic (exact) mass is 194 g/mol. The van der Waals surface area contributed by atoms with Gasteiger partial charge in [0.05, 0.1) is 0 Å². The van der Waals surface area contributed by atoms with Crippen LogP contribution in [0.5, 0.6) is 0 Å². The van der Waals surface area contributed by atoms with Gasteiger partial charge in [-0.15, -0.1) is 0 Å². The Morgan fingerprint density at radius 3 is 2.47 bits per heavy atom. The number of hydrogen-bond acceptors (Lipinski definition) is 0. The normalized spacial score (nSPS) is 52.1. The summed E-state index contributed by atoms with van der Waals surface area (Å²) in [5.74, 6) is 6.39. The molecule has 0 nitrogen and oxygen atoms in total. The van der Waals surface area contributed by atoms with Crippen molar-refractivity contribution in [1.82, 2.24) is 0 Å².